The lowest BCUT2D eigenvalue weighted by molar-refractivity contribution is -0.144. The molecule has 142 valence electrons. The predicted octanol–water partition coefficient (Wildman–Crippen LogP) is 1.49. The third-order valence-electron chi connectivity index (χ3n) is 2.72. The highest BCUT2D eigenvalue weighted by atomic mass is 127. The highest BCUT2D eigenvalue weighted by Gasteiger charge is 2.15. The van der Waals surface area contributed by atoms with E-state index in [1.54, 1.807) is 14.0 Å². The minimum Gasteiger partial charge on any atom is -0.469 e. The van der Waals surface area contributed by atoms with E-state index >= 15 is 0 Å². The second-order valence-electron chi connectivity index (χ2n) is 6.09. The van der Waals surface area contributed by atoms with Gasteiger partial charge in [-0.3, -0.25) is 9.79 Å². The van der Waals surface area contributed by atoms with Gasteiger partial charge >= 0.3 is 12.1 Å². The molecule has 0 bridgehead atoms. The van der Waals surface area contributed by atoms with Crippen molar-refractivity contribution in [2.75, 3.05) is 33.8 Å². The molecule has 0 spiro atoms. The second kappa shape index (κ2) is 13.1. The van der Waals surface area contributed by atoms with E-state index in [0.29, 0.717) is 32.0 Å². The lowest BCUT2D eigenvalue weighted by Crippen LogP contribution is -2.42. The van der Waals surface area contributed by atoms with E-state index in [1.807, 2.05) is 20.8 Å². The summed E-state index contributed by atoms with van der Waals surface area (Å²) < 4.78 is 9.79. The molecule has 0 aromatic carbocycles. The quantitative estimate of drug-likeness (QED) is 0.176. The Balaban J connectivity index is 0. The first-order valence-electron chi connectivity index (χ1n) is 7.68. The molecule has 0 saturated heterocycles. The van der Waals surface area contributed by atoms with Crippen molar-refractivity contribution in [3.8, 4) is 0 Å². The zero-order valence-corrected chi connectivity index (χ0v) is 17.7. The number of esters is 1. The number of amides is 1. The van der Waals surface area contributed by atoms with Crippen LogP contribution in [-0.2, 0) is 14.3 Å². The molecule has 1 unspecified atom stereocenters. The van der Waals surface area contributed by atoms with Crippen molar-refractivity contribution in [3.63, 3.8) is 0 Å². The van der Waals surface area contributed by atoms with Crippen LogP contribution in [-0.4, -0.2) is 57.4 Å². The minimum absolute atomic E-state index is 0. The number of aliphatic imine (C=N–C) groups is 1. The fourth-order valence-corrected chi connectivity index (χ4v) is 1.55. The number of rotatable bonds is 7. The van der Waals surface area contributed by atoms with Crippen LogP contribution >= 0.6 is 24.0 Å². The van der Waals surface area contributed by atoms with Gasteiger partial charge in [0.2, 0.25) is 0 Å². The number of nitrogens with one attached hydrogen (secondary N) is 3. The van der Waals surface area contributed by atoms with Crippen molar-refractivity contribution in [1.82, 2.24) is 16.0 Å². The maximum atomic E-state index is 11.4. The molecule has 0 aliphatic rings. The van der Waals surface area contributed by atoms with E-state index in [0.717, 1.165) is 0 Å². The lowest BCUT2D eigenvalue weighted by atomic mass is 10.2. The highest BCUT2D eigenvalue weighted by Crippen LogP contribution is 2.06. The number of hydrogen-bond donors (Lipinski definition) is 3. The van der Waals surface area contributed by atoms with Crippen molar-refractivity contribution in [2.24, 2.45) is 10.9 Å². The number of hydrogen-bond acceptors (Lipinski definition) is 5. The number of alkyl carbamates (subject to hydrolysis) is 1. The first-order chi connectivity index (χ1) is 10.7. The Morgan fingerprint density at radius 3 is 2.21 bits per heavy atom. The fraction of sp³-hybridized carbons (Fsp3) is 0.800. The summed E-state index contributed by atoms with van der Waals surface area (Å²) in [6, 6.07) is 0. The van der Waals surface area contributed by atoms with Crippen LogP contribution in [0.3, 0.4) is 0 Å². The monoisotopic (exact) mass is 458 g/mol. The first kappa shape index (κ1) is 25.0. The van der Waals surface area contributed by atoms with Gasteiger partial charge in [-0.1, -0.05) is 6.92 Å². The first-order valence-corrected chi connectivity index (χ1v) is 7.68. The van der Waals surface area contributed by atoms with Gasteiger partial charge in [0, 0.05) is 26.7 Å². The van der Waals surface area contributed by atoms with Crippen LogP contribution < -0.4 is 16.0 Å². The molecule has 9 heteroatoms. The van der Waals surface area contributed by atoms with Gasteiger partial charge in [0.05, 0.1) is 13.0 Å². The van der Waals surface area contributed by atoms with E-state index in [9.17, 15) is 9.59 Å². The molecule has 0 heterocycles. The van der Waals surface area contributed by atoms with Crippen molar-refractivity contribution in [1.29, 1.82) is 0 Å². The van der Waals surface area contributed by atoms with Crippen LogP contribution in [0.25, 0.3) is 0 Å². The van der Waals surface area contributed by atoms with Gasteiger partial charge in [0.25, 0.3) is 0 Å². The third kappa shape index (κ3) is 13.2. The van der Waals surface area contributed by atoms with Crippen LogP contribution in [0.1, 0.15) is 34.1 Å². The Hall–Kier alpha value is -1.26. The molecule has 0 aliphatic carbocycles. The molecule has 0 radical (unpaired) electrons. The zero-order chi connectivity index (χ0) is 17.9. The van der Waals surface area contributed by atoms with Crippen molar-refractivity contribution < 1.29 is 19.1 Å². The van der Waals surface area contributed by atoms with E-state index in [4.69, 9.17) is 4.74 Å². The Morgan fingerprint density at radius 2 is 1.71 bits per heavy atom. The summed E-state index contributed by atoms with van der Waals surface area (Å²) in [4.78, 5) is 26.8. The molecule has 1 amide bonds. The third-order valence-corrected chi connectivity index (χ3v) is 2.72. The smallest absolute Gasteiger partial charge is 0.407 e. The summed E-state index contributed by atoms with van der Waals surface area (Å²) in [6.45, 7) is 8.79. The van der Waals surface area contributed by atoms with Crippen LogP contribution in [0.5, 0.6) is 0 Å². The summed E-state index contributed by atoms with van der Waals surface area (Å²) in [5, 5.41) is 8.82. The number of carbonyl (C=O) groups is 2. The molecule has 0 rings (SSSR count). The largest absolute Gasteiger partial charge is 0.469 e. The van der Waals surface area contributed by atoms with Gasteiger partial charge in [0.15, 0.2) is 5.96 Å². The molecule has 0 saturated carbocycles. The molecular formula is C15H31IN4O4. The number of methoxy groups -OCH3 is 1. The van der Waals surface area contributed by atoms with Gasteiger partial charge in [0.1, 0.15) is 5.60 Å². The molecular weight excluding hydrogens is 427 g/mol. The van der Waals surface area contributed by atoms with Gasteiger partial charge in [-0.15, -0.1) is 24.0 Å². The van der Waals surface area contributed by atoms with Gasteiger partial charge < -0.3 is 25.4 Å². The normalized spacial score (nSPS) is 12.5. The topological polar surface area (TPSA) is 101 Å². The second-order valence-corrected chi connectivity index (χ2v) is 6.09. The summed E-state index contributed by atoms with van der Waals surface area (Å²) >= 11 is 0. The van der Waals surface area contributed by atoms with Crippen LogP contribution in [0.15, 0.2) is 4.99 Å². The number of nitrogens with zero attached hydrogens (tertiary/aromatic N) is 1. The Labute approximate surface area is 161 Å². The van der Waals surface area contributed by atoms with E-state index in [-0.39, 0.29) is 35.9 Å². The van der Waals surface area contributed by atoms with Crippen molar-refractivity contribution in [2.45, 2.75) is 39.7 Å². The molecule has 0 aromatic rings. The Bertz CT molecular complexity index is 411. The summed E-state index contributed by atoms with van der Waals surface area (Å²) in [7, 11) is 3.01. The van der Waals surface area contributed by atoms with E-state index in [1.165, 1.54) is 7.11 Å². The number of carbonyl (C=O) groups excluding carboxylic acids is 2. The molecule has 8 nitrogen and oxygen atoms in total. The maximum Gasteiger partial charge on any atom is 0.407 e. The Kier molecular flexibility index (Phi) is 13.6. The van der Waals surface area contributed by atoms with Crippen molar-refractivity contribution in [3.05, 3.63) is 0 Å². The van der Waals surface area contributed by atoms with Gasteiger partial charge in [-0.05, 0) is 27.2 Å². The highest BCUT2D eigenvalue weighted by molar-refractivity contribution is 14.0. The lowest BCUT2D eigenvalue weighted by Gasteiger charge is -2.19. The minimum atomic E-state index is -0.495. The average molecular weight is 458 g/mol. The zero-order valence-electron chi connectivity index (χ0n) is 15.4. The average Bonchev–Trinajstić information content (AvgIpc) is 2.46. The Morgan fingerprint density at radius 1 is 1.12 bits per heavy atom. The van der Waals surface area contributed by atoms with E-state index in [2.05, 4.69) is 25.7 Å². The molecule has 0 fully saturated rings. The number of guanidine groups is 1. The summed E-state index contributed by atoms with van der Waals surface area (Å²) in [5.41, 5.74) is -0.495. The summed E-state index contributed by atoms with van der Waals surface area (Å²) in [6.07, 6.45) is 0.291. The number of ether oxygens (including phenoxy) is 2. The fourth-order valence-electron chi connectivity index (χ4n) is 1.55. The SMILES string of the molecule is CN=C(NCCCNC(=O)OC(C)(C)C)NCC(C)C(=O)OC.I. The number of halogens is 1. The summed E-state index contributed by atoms with van der Waals surface area (Å²) in [5.74, 6) is 0.0694. The standard InChI is InChI=1S/C15H30N4O4.HI/c1-11(12(20)22-6)10-19-13(16-5)17-8-7-9-18-14(21)23-15(2,3)4;/h11H,7-10H2,1-6H3,(H,18,21)(H2,16,17,19);1H. The van der Waals surface area contributed by atoms with E-state index < -0.39 is 11.7 Å². The van der Waals surface area contributed by atoms with Gasteiger partial charge in [-0.25, -0.2) is 4.79 Å². The predicted molar refractivity (Wildman–Crippen MR) is 105 cm³/mol. The van der Waals surface area contributed by atoms with Gasteiger partial charge in [-0.2, -0.15) is 0 Å². The van der Waals surface area contributed by atoms with Crippen LogP contribution in [0.4, 0.5) is 4.79 Å². The molecule has 0 aromatic heterocycles. The van der Waals surface area contributed by atoms with Crippen LogP contribution in [0, 0.1) is 5.92 Å². The molecule has 0 aliphatic heterocycles. The maximum absolute atomic E-state index is 11.4. The van der Waals surface area contributed by atoms with Crippen LogP contribution in [0.2, 0.25) is 0 Å². The van der Waals surface area contributed by atoms with Crippen molar-refractivity contribution >= 4 is 42.0 Å². The molecule has 3 N–H and O–H groups in total. The molecule has 1 atom stereocenters. The molecule has 24 heavy (non-hydrogen) atoms.